The van der Waals surface area contributed by atoms with E-state index in [-0.39, 0.29) is 18.0 Å². The highest BCUT2D eigenvalue weighted by Gasteiger charge is 2.61. The van der Waals surface area contributed by atoms with Crippen molar-refractivity contribution in [3.63, 3.8) is 0 Å². The van der Waals surface area contributed by atoms with E-state index in [2.05, 4.69) is 17.0 Å². The molecule has 0 aliphatic rings. The highest BCUT2D eigenvalue weighted by atomic mass is 32.1. The number of amides is 1. The van der Waals surface area contributed by atoms with Crippen molar-refractivity contribution < 1.29 is 35.9 Å². The highest BCUT2D eigenvalue weighted by molar-refractivity contribution is 7.80. The predicted molar refractivity (Wildman–Crippen MR) is 65.5 cm³/mol. The Kier molecular flexibility index (Phi) is 7.37. The smallest absolute Gasteiger partial charge is 0.393 e. The average molecular weight is 340 g/mol. The van der Waals surface area contributed by atoms with Crippen LogP contribution in [-0.2, 0) is 9.53 Å². The van der Waals surface area contributed by atoms with Gasteiger partial charge in [0.25, 0.3) is 0 Å². The molecule has 124 valence electrons. The van der Waals surface area contributed by atoms with Crippen LogP contribution in [0.1, 0.15) is 6.42 Å². The minimum Gasteiger partial charge on any atom is -0.393 e. The van der Waals surface area contributed by atoms with Crippen molar-refractivity contribution in [1.29, 1.82) is 0 Å². The van der Waals surface area contributed by atoms with Gasteiger partial charge in [0.1, 0.15) is 0 Å². The van der Waals surface area contributed by atoms with Crippen molar-refractivity contribution in [2.24, 2.45) is 11.7 Å². The zero-order chi connectivity index (χ0) is 16.8. The molecule has 2 N–H and O–H groups in total. The number of hydrogen-bond acceptors (Lipinski definition) is 3. The van der Waals surface area contributed by atoms with E-state index in [1.807, 2.05) is 0 Å². The quantitative estimate of drug-likeness (QED) is 0.568. The van der Waals surface area contributed by atoms with Gasteiger partial charge >= 0.3 is 12.4 Å². The van der Waals surface area contributed by atoms with Crippen LogP contribution >= 0.6 is 12.2 Å². The van der Waals surface area contributed by atoms with E-state index in [0.29, 0.717) is 4.90 Å². The Morgan fingerprint density at radius 1 is 1.19 bits per heavy atom. The van der Waals surface area contributed by atoms with Crippen LogP contribution in [0.4, 0.5) is 26.3 Å². The van der Waals surface area contributed by atoms with Gasteiger partial charge in [-0.15, -0.1) is 0 Å². The van der Waals surface area contributed by atoms with Gasteiger partial charge in [0.15, 0.2) is 0 Å². The molecule has 0 saturated heterocycles. The summed E-state index contributed by atoms with van der Waals surface area (Å²) in [5.74, 6) is -6.17. The number of alkyl halides is 6. The fourth-order valence-electron chi connectivity index (χ4n) is 1.43. The Labute approximate surface area is 122 Å². The van der Waals surface area contributed by atoms with E-state index in [4.69, 9.17) is 5.73 Å². The summed E-state index contributed by atoms with van der Waals surface area (Å²) in [5, 5.41) is 0. The van der Waals surface area contributed by atoms with Gasteiger partial charge in [-0.25, -0.2) is 0 Å². The van der Waals surface area contributed by atoms with E-state index >= 15 is 0 Å². The van der Waals surface area contributed by atoms with Crippen LogP contribution in [0.3, 0.4) is 0 Å². The van der Waals surface area contributed by atoms with Crippen LogP contribution in [0.15, 0.2) is 0 Å². The Bertz CT molecular complexity index is 358. The van der Waals surface area contributed by atoms with Crippen molar-refractivity contribution >= 4 is 23.1 Å². The van der Waals surface area contributed by atoms with Gasteiger partial charge in [-0.05, 0) is 0 Å². The molecular formula is C10H14F6N2O2S. The lowest BCUT2D eigenvalue weighted by Crippen LogP contribution is -2.50. The molecule has 0 aromatic rings. The van der Waals surface area contributed by atoms with Gasteiger partial charge in [-0.1, -0.05) is 12.2 Å². The van der Waals surface area contributed by atoms with Crippen molar-refractivity contribution in [3.05, 3.63) is 0 Å². The maximum Gasteiger partial charge on any atom is 0.409 e. The number of nitrogens with two attached hydrogens (primary N) is 1. The van der Waals surface area contributed by atoms with Gasteiger partial charge < -0.3 is 15.4 Å². The van der Waals surface area contributed by atoms with Gasteiger partial charge in [0.2, 0.25) is 11.8 Å². The van der Waals surface area contributed by atoms with Crippen LogP contribution in [0.25, 0.3) is 0 Å². The molecule has 0 spiro atoms. The van der Waals surface area contributed by atoms with Gasteiger partial charge in [0.05, 0.1) is 11.6 Å². The Balaban J connectivity index is 5.23. The van der Waals surface area contributed by atoms with E-state index in [9.17, 15) is 31.1 Å². The molecule has 0 heterocycles. The molecule has 0 saturated carbocycles. The third kappa shape index (κ3) is 6.93. The summed E-state index contributed by atoms with van der Waals surface area (Å²) in [5.41, 5.74) is 5.14. The van der Waals surface area contributed by atoms with E-state index < -0.39 is 37.3 Å². The molecular weight excluding hydrogens is 326 g/mol. The van der Waals surface area contributed by atoms with Crippen molar-refractivity contribution in [1.82, 2.24) is 4.90 Å². The lowest BCUT2D eigenvalue weighted by molar-refractivity contribution is -0.277. The third-order valence-electron chi connectivity index (χ3n) is 2.41. The van der Waals surface area contributed by atoms with Crippen LogP contribution < -0.4 is 5.73 Å². The first kappa shape index (κ1) is 19.9. The fourth-order valence-corrected chi connectivity index (χ4v) is 1.52. The maximum absolute atomic E-state index is 12.5. The SMILES string of the molecule is COCCN(CCC(N)=S)C(=O)C(C(F)(F)F)C(F)(F)F. The molecule has 21 heavy (non-hydrogen) atoms. The Morgan fingerprint density at radius 2 is 1.67 bits per heavy atom. The summed E-state index contributed by atoms with van der Waals surface area (Å²) in [6.07, 6.45) is -11.7. The van der Waals surface area contributed by atoms with Gasteiger partial charge in [-0.2, -0.15) is 26.3 Å². The maximum atomic E-state index is 12.5. The highest BCUT2D eigenvalue weighted by Crippen LogP contribution is 2.40. The molecule has 4 nitrogen and oxygen atoms in total. The number of rotatable bonds is 7. The van der Waals surface area contributed by atoms with Crippen molar-refractivity contribution in [2.45, 2.75) is 18.8 Å². The van der Waals surface area contributed by atoms with Crippen LogP contribution in [0.5, 0.6) is 0 Å². The number of hydrogen-bond donors (Lipinski definition) is 1. The summed E-state index contributed by atoms with van der Waals surface area (Å²) in [7, 11) is 1.20. The molecule has 0 radical (unpaired) electrons. The first-order chi connectivity index (χ1) is 9.41. The summed E-state index contributed by atoms with van der Waals surface area (Å²) in [4.78, 5) is 11.9. The number of halogens is 6. The molecule has 0 aromatic heterocycles. The minimum atomic E-state index is -5.73. The third-order valence-corrected chi connectivity index (χ3v) is 2.61. The number of thiocarbonyl (C=S) groups is 1. The molecule has 0 atom stereocenters. The fraction of sp³-hybridized carbons (Fsp3) is 0.800. The summed E-state index contributed by atoms with van der Waals surface area (Å²) >= 11 is 4.49. The van der Waals surface area contributed by atoms with Crippen molar-refractivity contribution in [3.8, 4) is 0 Å². The number of ether oxygens (including phenoxy) is 1. The molecule has 1 amide bonds. The number of carbonyl (C=O) groups is 1. The lowest BCUT2D eigenvalue weighted by atomic mass is 10.1. The molecule has 0 rings (SSSR count). The van der Waals surface area contributed by atoms with Gasteiger partial charge in [0, 0.05) is 26.6 Å². The normalized spacial score (nSPS) is 12.6. The molecule has 0 aliphatic carbocycles. The zero-order valence-corrected chi connectivity index (χ0v) is 11.7. The zero-order valence-electron chi connectivity index (χ0n) is 10.9. The first-order valence-corrected chi connectivity index (χ1v) is 6.01. The van der Waals surface area contributed by atoms with Crippen LogP contribution in [0.2, 0.25) is 0 Å². The molecule has 0 fully saturated rings. The monoisotopic (exact) mass is 340 g/mol. The topological polar surface area (TPSA) is 55.6 Å². The van der Waals surface area contributed by atoms with E-state index in [0.717, 1.165) is 0 Å². The van der Waals surface area contributed by atoms with Crippen LogP contribution in [0, 0.1) is 5.92 Å². The van der Waals surface area contributed by atoms with E-state index in [1.165, 1.54) is 7.11 Å². The Hall–Kier alpha value is -1.10. The molecule has 11 heteroatoms. The number of carbonyl (C=O) groups excluding carboxylic acids is 1. The van der Waals surface area contributed by atoms with Crippen LogP contribution in [-0.4, -0.2) is 55.0 Å². The minimum absolute atomic E-state index is 0.124. The number of nitrogens with zero attached hydrogens (tertiary/aromatic N) is 1. The second kappa shape index (κ2) is 7.78. The molecule has 0 unspecified atom stereocenters. The average Bonchev–Trinajstić information content (AvgIpc) is 2.24. The molecule has 0 aliphatic heterocycles. The first-order valence-electron chi connectivity index (χ1n) is 5.60. The summed E-state index contributed by atoms with van der Waals surface area (Å²) < 4.78 is 79.6. The number of methoxy groups -OCH3 is 1. The largest absolute Gasteiger partial charge is 0.409 e. The summed E-state index contributed by atoms with van der Waals surface area (Å²) in [6, 6.07) is 0. The standard InChI is InChI=1S/C10H14F6N2O2S/c1-20-5-4-18(3-2-6(17)21)8(19)7(9(11,12)13)10(14,15)16/h7H,2-5H2,1H3,(H2,17,21). The Morgan fingerprint density at radius 3 is 2.00 bits per heavy atom. The van der Waals surface area contributed by atoms with Gasteiger partial charge in [-0.3, -0.25) is 4.79 Å². The van der Waals surface area contributed by atoms with E-state index in [1.54, 1.807) is 0 Å². The second-order valence-corrected chi connectivity index (χ2v) is 4.58. The molecule has 0 bridgehead atoms. The second-order valence-electron chi connectivity index (χ2n) is 4.05. The molecule has 0 aromatic carbocycles. The summed E-state index contributed by atoms with van der Waals surface area (Å²) in [6.45, 7) is -1.09. The van der Waals surface area contributed by atoms with Crippen molar-refractivity contribution in [2.75, 3.05) is 26.8 Å². The lowest BCUT2D eigenvalue weighted by Gasteiger charge is -2.29. The predicted octanol–water partition coefficient (Wildman–Crippen LogP) is 1.88.